The first-order valence-corrected chi connectivity index (χ1v) is 6.99. The summed E-state index contributed by atoms with van der Waals surface area (Å²) >= 11 is 0. The van der Waals surface area contributed by atoms with Gasteiger partial charge in [0.25, 0.3) is 0 Å². The van der Waals surface area contributed by atoms with Crippen LogP contribution in [0.15, 0.2) is 30.5 Å². The van der Waals surface area contributed by atoms with Crippen LogP contribution < -0.4 is 0 Å². The maximum absolute atomic E-state index is 11.3. The standard InChI is InChI=1S/C17H22N2O/c1-12(2)19-10-13(11-20)16(18-19)14-8-6-7-9-15(14)17(3,4)5/h6-12H,1-5H3. The Morgan fingerprint density at radius 3 is 2.40 bits per heavy atom. The quantitative estimate of drug-likeness (QED) is 0.782. The predicted molar refractivity (Wildman–Crippen MR) is 82.1 cm³/mol. The van der Waals surface area contributed by atoms with Crippen molar-refractivity contribution in [2.45, 2.75) is 46.1 Å². The number of hydrogen-bond acceptors (Lipinski definition) is 2. The molecule has 0 bridgehead atoms. The van der Waals surface area contributed by atoms with Crippen molar-refractivity contribution in [1.82, 2.24) is 9.78 Å². The van der Waals surface area contributed by atoms with Crippen LogP contribution in [0.3, 0.4) is 0 Å². The van der Waals surface area contributed by atoms with Gasteiger partial charge in [-0.2, -0.15) is 5.10 Å². The number of benzene rings is 1. The molecule has 0 amide bonds. The third kappa shape index (κ3) is 2.67. The van der Waals surface area contributed by atoms with Crippen LogP contribution in [0.25, 0.3) is 11.3 Å². The van der Waals surface area contributed by atoms with Gasteiger partial charge in [-0.05, 0) is 24.8 Å². The molecule has 0 saturated heterocycles. The molecule has 2 rings (SSSR count). The molecule has 1 aromatic carbocycles. The summed E-state index contributed by atoms with van der Waals surface area (Å²) in [5, 5.41) is 4.61. The largest absolute Gasteiger partial charge is 0.298 e. The highest BCUT2D eigenvalue weighted by Crippen LogP contribution is 2.33. The highest BCUT2D eigenvalue weighted by Gasteiger charge is 2.21. The summed E-state index contributed by atoms with van der Waals surface area (Å²) in [5.74, 6) is 0. The lowest BCUT2D eigenvalue weighted by Gasteiger charge is -2.22. The molecule has 0 aliphatic carbocycles. The lowest BCUT2D eigenvalue weighted by Crippen LogP contribution is -2.13. The SMILES string of the molecule is CC(C)n1cc(C=O)c(-c2ccccc2C(C)(C)C)n1. The van der Waals surface area contributed by atoms with E-state index in [2.05, 4.69) is 45.8 Å². The van der Waals surface area contributed by atoms with Crippen LogP contribution in [-0.2, 0) is 5.41 Å². The zero-order chi connectivity index (χ0) is 14.9. The third-order valence-electron chi connectivity index (χ3n) is 3.41. The predicted octanol–water partition coefficient (Wildman–Crippen LogP) is 4.24. The first-order chi connectivity index (χ1) is 9.34. The first kappa shape index (κ1) is 14.5. The van der Waals surface area contributed by atoms with Crippen LogP contribution in [0.5, 0.6) is 0 Å². The molecule has 20 heavy (non-hydrogen) atoms. The molecule has 0 aliphatic heterocycles. The van der Waals surface area contributed by atoms with Gasteiger partial charge in [0.05, 0.1) is 5.56 Å². The van der Waals surface area contributed by atoms with Gasteiger partial charge in [0.2, 0.25) is 0 Å². The molecule has 0 N–H and O–H groups in total. The molecule has 0 spiro atoms. The van der Waals surface area contributed by atoms with Gasteiger partial charge in [-0.25, -0.2) is 0 Å². The highest BCUT2D eigenvalue weighted by molar-refractivity contribution is 5.86. The number of carbonyl (C=O) groups excluding carboxylic acids is 1. The highest BCUT2D eigenvalue weighted by atomic mass is 16.1. The Morgan fingerprint density at radius 2 is 1.85 bits per heavy atom. The van der Waals surface area contributed by atoms with Crippen molar-refractivity contribution in [3.8, 4) is 11.3 Å². The smallest absolute Gasteiger partial charge is 0.153 e. The number of aldehydes is 1. The van der Waals surface area contributed by atoms with E-state index in [9.17, 15) is 4.79 Å². The van der Waals surface area contributed by atoms with Crippen molar-refractivity contribution in [2.75, 3.05) is 0 Å². The van der Waals surface area contributed by atoms with Crippen LogP contribution in [0.2, 0.25) is 0 Å². The van der Waals surface area contributed by atoms with E-state index >= 15 is 0 Å². The topological polar surface area (TPSA) is 34.9 Å². The van der Waals surface area contributed by atoms with Crippen LogP contribution in [0.1, 0.15) is 56.6 Å². The van der Waals surface area contributed by atoms with Crippen molar-refractivity contribution in [3.63, 3.8) is 0 Å². The van der Waals surface area contributed by atoms with Crippen molar-refractivity contribution in [3.05, 3.63) is 41.6 Å². The second kappa shape index (κ2) is 5.23. The molecule has 2 aromatic rings. The number of carbonyl (C=O) groups is 1. The number of rotatable bonds is 3. The average Bonchev–Trinajstić information content (AvgIpc) is 2.82. The number of hydrogen-bond donors (Lipinski definition) is 0. The second-order valence-electron chi connectivity index (χ2n) is 6.42. The third-order valence-corrected chi connectivity index (χ3v) is 3.41. The summed E-state index contributed by atoms with van der Waals surface area (Å²) < 4.78 is 1.85. The van der Waals surface area contributed by atoms with Gasteiger partial charge in [0.15, 0.2) is 6.29 Å². The van der Waals surface area contributed by atoms with Gasteiger partial charge in [-0.1, -0.05) is 45.0 Å². The lowest BCUT2D eigenvalue weighted by molar-refractivity contribution is 0.112. The molecule has 0 saturated carbocycles. The summed E-state index contributed by atoms with van der Waals surface area (Å²) in [6.07, 6.45) is 2.72. The number of nitrogens with zero attached hydrogens (tertiary/aromatic N) is 2. The Kier molecular flexibility index (Phi) is 3.80. The summed E-state index contributed by atoms with van der Waals surface area (Å²) in [4.78, 5) is 11.3. The Labute approximate surface area is 120 Å². The minimum Gasteiger partial charge on any atom is -0.298 e. The Hall–Kier alpha value is -1.90. The molecule has 0 aliphatic rings. The fourth-order valence-electron chi connectivity index (χ4n) is 2.31. The molecule has 106 valence electrons. The summed E-state index contributed by atoms with van der Waals surface area (Å²) in [5.41, 5.74) is 3.69. The van der Waals surface area contributed by atoms with Crippen LogP contribution in [-0.4, -0.2) is 16.1 Å². The molecule has 3 nitrogen and oxygen atoms in total. The van der Waals surface area contributed by atoms with E-state index in [0.29, 0.717) is 5.56 Å². The average molecular weight is 270 g/mol. The maximum Gasteiger partial charge on any atom is 0.153 e. The fourth-order valence-corrected chi connectivity index (χ4v) is 2.31. The van der Waals surface area contributed by atoms with E-state index in [0.717, 1.165) is 17.5 Å². The maximum atomic E-state index is 11.3. The molecule has 1 aromatic heterocycles. The second-order valence-corrected chi connectivity index (χ2v) is 6.42. The molecule has 0 atom stereocenters. The van der Waals surface area contributed by atoms with Gasteiger partial charge >= 0.3 is 0 Å². The Bertz CT molecular complexity index is 618. The molecule has 1 heterocycles. The minimum absolute atomic E-state index is 0.0123. The lowest BCUT2D eigenvalue weighted by atomic mass is 9.82. The van der Waals surface area contributed by atoms with Gasteiger partial charge in [-0.15, -0.1) is 0 Å². The van der Waals surface area contributed by atoms with Crippen molar-refractivity contribution in [2.24, 2.45) is 0 Å². The fraction of sp³-hybridized carbons (Fsp3) is 0.412. The van der Waals surface area contributed by atoms with E-state index < -0.39 is 0 Å². The molecular formula is C17H22N2O. The van der Waals surface area contributed by atoms with Gasteiger partial charge in [-0.3, -0.25) is 9.48 Å². The van der Waals surface area contributed by atoms with Gasteiger partial charge < -0.3 is 0 Å². The van der Waals surface area contributed by atoms with Gasteiger partial charge in [0, 0.05) is 17.8 Å². The van der Waals surface area contributed by atoms with Crippen molar-refractivity contribution in [1.29, 1.82) is 0 Å². The van der Waals surface area contributed by atoms with E-state index in [-0.39, 0.29) is 11.5 Å². The molecule has 0 radical (unpaired) electrons. The molecular weight excluding hydrogens is 248 g/mol. The summed E-state index contributed by atoms with van der Waals surface area (Å²) in [6.45, 7) is 10.6. The van der Waals surface area contributed by atoms with Crippen LogP contribution in [0.4, 0.5) is 0 Å². The summed E-state index contributed by atoms with van der Waals surface area (Å²) in [7, 11) is 0. The minimum atomic E-state index is 0.0123. The van der Waals surface area contributed by atoms with Crippen LogP contribution >= 0.6 is 0 Å². The normalized spacial score (nSPS) is 11.9. The Balaban J connectivity index is 2.66. The molecule has 0 fully saturated rings. The van der Waals surface area contributed by atoms with E-state index in [1.54, 1.807) is 0 Å². The van der Waals surface area contributed by atoms with Crippen molar-refractivity contribution < 1.29 is 4.79 Å². The van der Waals surface area contributed by atoms with Gasteiger partial charge in [0.1, 0.15) is 5.69 Å². The number of aromatic nitrogens is 2. The van der Waals surface area contributed by atoms with E-state index in [1.807, 2.05) is 29.1 Å². The Morgan fingerprint density at radius 1 is 1.20 bits per heavy atom. The molecule has 0 unspecified atom stereocenters. The van der Waals surface area contributed by atoms with Crippen molar-refractivity contribution >= 4 is 6.29 Å². The monoisotopic (exact) mass is 270 g/mol. The zero-order valence-corrected chi connectivity index (χ0v) is 12.8. The van der Waals surface area contributed by atoms with Crippen LogP contribution in [0, 0.1) is 0 Å². The molecule has 3 heteroatoms. The first-order valence-electron chi connectivity index (χ1n) is 6.99. The van der Waals surface area contributed by atoms with E-state index in [1.165, 1.54) is 5.56 Å². The van der Waals surface area contributed by atoms with E-state index in [4.69, 9.17) is 0 Å². The summed E-state index contributed by atoms with van der Waals surface area (Å²) in [6, 6.07) is 8.42. The zero-order valence-electron chi connectivity index (χ0n) is 12.8.